The number of ether oxygens (including phenoxy) is 1. The molecule has 0 aromatic carbocycles. The summed E-state index contributed by atoms with van der Waals surface area (Å²) in [5.74, 6) is -0.0448. The minimum absolute atomic E-state index is 0.0440. The average Bonchev–Trinajstić information content (AvgIpc) is 2.33. The molecule has 1 atom stereocenters. The molecule has 0 aliphatic carbocycles. The third kappa shape index (κ3) is 4.20. The lowest BCUT2D eigenvalue weighted by atomic mass is 10.1. The van der Waals surface area contributed by atoms with Crippen LogP contribution >= 0.6 is 0 Å². The van der Waals surface area contributed by atoms with E-state index in [1.165, 1.54) is 6.33 Å². The van der Waals surface area contributed by atoms with Crippen LogP contribution in [0.5, 0.6) is 5.88 Å². The molecule has 0 saturated carbocycles. The van der Waals surface area contributed by atoms with Crippen molar-refractivity contribution in [2.24, 2.45) is 5.92 Å². The van der Waals surface area contributed by atoms with E-state index in [1.807, 2.05) is 20.8 Å². The maximum absolute atomic E-state index is 11.1. The van der Waals surface area contributed by atoms with Gasteiger partial charge in [-0.05, 0) is 12.3 Å². The Morgan fingerprint density at radius 3 is 2.78 bits per heavy atom. The van der Waals surface area contributed by atoms with Crippen LogP contribution in [-0.2, 0) is 4.79 Å². The summed E-state index contributed by atoms with van der Waals surface area (Å²) >= 11 is 0. The van der Waals surface area contributed by atoms with E-state index < -0.39 is 12.0 Å². The quantitative estimate of drug-likeness (QED) is 0.770. The number of carboxylic acids is 1. The normalized spacial score (nSPS) is 12.2. The third-order valence-electron chi connectivity index (χ3n) is 2.33. The van der Waals surface area contributed by atoms with Crippen molar-refractivity contribution in [2.45, 2.75) is 33.2 Å². The summed E-state index contributed by atoms with van der Waals surface area (Å²) in [5, 5.41) is 11.9. The van der Waals surface area contributed by atoms with Gasteiger partial charge in [0, 0.05) is 6.07 Å². The molecule has 0 radical (unpaired) electrons. The highest BCUT2D eigenvalue weighted by molar-refractivity contribution is 5.77. The molecule has 2 N–H and O–H groups in total. The van der Waals surface area contributed by atoms with Gasteiger partial charge in [-0.1, -0.05) is 20.8 Å². The highest BCUT2D eigenvalue weighted by atomic mass is 16.5. The summed E-state index contributed by atoms with van der Waals surface area (Å²) in [6, 6.07) is 0.924. The SMILES string of the molecule is CCCOc1cc(NC(C(=O)O)C(C)C)ncn1. The molecule has 100 valence electrons. The minimum atomic E-state index is -0.903. The molecule has 0 fully saturated rings. The molecule has 1 unspecified atom stereocenters. The van der Waals surface area contributed by atoms with E-state index in [0.29, 0.717) is 18.3 Å². The topological polar surface area (TPSA) is 84.3 Å². The summed E-state index contributed by atoms with van der Waals surface area (Å²) in [6.45, 7) is 6.24. The molecule has 0 amide bonds. The van der Waals surface area contributed by atoms with Gasteiger partial charge in [0.15, 0.2) is 0 Å². The Hall–Kier alpha value is -1.85. The third-order valence-corrected chi connectivity index (χ3v) is 2.33. The Labute approximate surface area is 106 Å². The van der Waals surface area contributed by atoms with Crippen molar-refractivity contribution in [3.05, 3.63) is 12.4 Å². The van der Waals surface area contributed by atoms with Crippen molar-refractivity contribution in [1.82, 2.24) is 9.97 Å². The standard InChI is InChI=1S/C12H19N3O3/c1-4-5-18-10-6-9(13-7-14-10)15-11(8(2)3)12(16)17/h6-8,11H,4-5H2,1-3H3,(H,16,17)(H,13,14,15). The van der Waals surface area contributed by atoms with Crippen LogP contribution in [0.4, 0.5) is 5.82 Å². The van der Waals surface area contributed by atoms with Crippen molar-refractivity contribution in [3.63, 3.8) is 0 Å². The number of nitrogens with zero attached hydrogens (tertiary/aromatic N) is 2. The Balaban J connectivity index is 2.74. The number of anilines is 1. The molecule has 1 rings (SSSR count). The Bertz CT molecular complexity index is 396. The van der Waals surface area contributed by atoms with E-state index in [9.17, 15) is 4.79 Å². The van der Waals surface area contributed by atoms with E-state index in [-0.39, 0.29) is 5.92 Å². The molecule has 1 aromatic rings. The lowest BCUT2D eigenvalue weighted by molar-refractivity contribution is -0.138. The predicted octanol–water partition coefficient (Wildman–Crippen LogP) is 1.79. The molecular weight excluding hydrogens is 234 g/mol. The van der Waals surface area contributed by atoms with Gasteiger partial charge in [0.1, 0.15) is 18.2 Å². The summed E-state index contributed by atoms with van der Waals surface area (Å²) in [4.78, 5) is 19.0. The first-order chi connectivity index (χ1) is 8.54. The number of rotatable bonds is 7. The van der Waals surface area contributed by atoms with E-state index in [2.05, 4.69) is 15.3 Å². The van der Waals surface area contributed by atoms with Crippen molar-refractivity contribution in [3.8, 4) is 5.88 Å². The summed E-state index contributed by atoms with van der Waals surface area (Å²) in [7, 11) is 0. The Kier molecular flexibility index (Phi) is 5.35. The largest absolute Gasteiger partial charge is 0.480 e. The fourth-order valence-corrected chi connectivity index (χ4v) is 1.38. The molecule has 6 heteroatoms. The average molecular weight is 253 g/mol. The van der Waals surface area contributed by atoms with Crippen LogP contribution in [0, 0.1) is 5.92 Å². The number of aliphatic carboxylic acids is 1. The van der Waals surface area contributed by atoms with Crippen LogP contribution in [-0.4, -0.2) is 33.7 Å². The number of hydrogen-bond acceptors (Lipinski definition) is 5. The van der Waals surface area contributed by atoms with E-state index in [1.54, 1.807) is 6.07 Å². The number of nitrogens with one attached hydrogen (secondary N) is 1. The molecular formula is C12H19N3O3. The maximum Gasteiger partial charge on any atom is 0.326 e. The maximum atomic E-state index is 11.1. The van der Waals surface area contributed by atoms with Crippen LogP contribution in [0.2, 0.25) is 0 Å². The van der Waals surface area contributed by atoms with Crippen LogP contribution < -0.4 is 10.1 Å². The number of carboxylic acid groups (broad SMARTS) is 1. The second-order valence-electron chi connectivity index (χ2n) is 4.29. The van der Waals surface area contributed by atoms with Crippen molar-refractivity contribution in [1.29, 1.82) is 0 Å². The molecule has 0 aliphatic rings. The number of hydrogen-bond donors (Lipinski definition) is 2. The Morgan fingerprint density at radius 1 is 1.50 bits per heavy atom. The van der Waals surface area contributed by atoms with Crippen LogP contribution in [0.3, 0.4) is 0 Å². The first-order valence-corrected chi connectivity index (χ1v) is 5.98. The van der Waals surface area contributed by atoms with Gasteiger partial charge in [-0.2, -0.15) is 0 Å². The van der Waals surface area contributed by atoms with Crippen molar-refractivity contribution < 1.29 is 14.6 Å². The van der Waals surface area contributed by atoms with E-state index in [0.717, 1.165) is 6.42 Å². The van der Waals surface area contributed by atoms with Gasteiger partial charge in [0.2, 0.25) is 5.88 Å². The lowest BCUT2D eigenvalue weighted by Crippen LogP contribution is -2.34. The molecule has 1 aromatic heterocycles. The summed E-state index contributed by atoms with van der Waals surface area (Å²) in [5.41, 5.74) is 0. The zero-order chi connectivity index (χ0) is 13.5. The van der Waals surface area contributed by atoms with Crippen LogP contribution in [0.25, 0.3) is 0 Å². The molecule has 0 aliphatic heterocycles. The van der Waals surface area contributed by atoms with Gasteiger partial charge in [0.05, 0.1) is 6.61 Å². The van der Waals surface area contributed by atoms with Crippen LogP contribution in [0.1, 0.15) is 27.2 Å². The van der Waals surface area contributed by atoms with E-state index >= 15 is 0 Å². The second-order valence-corrected chi connectivity index (χ2v) is 4.29. The van der Waals surface area contributed by atoms with Crippen LogP contribution in [0.15, 0.2) is 12.4 Å². The summed E-state index contributed by atoms with van der Waals surface area (Å²) < 4.78 is 5.36. The molecule has 18 heavy (non-hydrogen) atoms. The van der Waals surface area contributed by atoms with Gasteiger partial charge in [-0.3, -0.25) is 0 Å². The smallest absolute Gasteiger partial charge is 0.326 e. The monoisotopic (exact) mass is 253 g/mol. The minimum Gasteiger partial charge on any atom is -0.480 e. The molecule has 1 heterocycles. The first kappa shape index (κ1) is 14.2. The fraction of sp³-hybridized carbons (Fsp3) is 0.583. The number of carbonyl (C=O) groups is 1. The highest BCUT2D eigenvalue weighted by Crippen LogP contribution is 2.14. The molecule has 0 saturated heterocycles. The van der Waals surface area contributed by atoms with Gasteiger partial charge >= 0.3 is 5.97 Å². The van der Waals surface area contributed by atoms with Crippen molar-refractivity contribution >= 4 is 11.8 Å². The number of aromatic nitrogens is 2. The second kappa shape index (κ2) is 6.78. The lowest BCUT2D eigenvalue weighted by Gasteiger charge is -2.18. The van der Waals surface area contributed by atoms with E-state index in [4.69, 9.17) is 9.84 Å². The zero-order valence-corrected chi connectivity index (χ0v) is 10.9. The van der Waals surface area contributed by atoms with Crippen molar-refractivity contribution in [2.75, 3.05) is 11.9 Å². The van der Waals surface area contributed by atoms with Gasteiger partial charge in [-0.25, -0.2) is 14.8 Å². The summed E-state index contributed by atoms with van der Waals surface area (Å²) in [6.07, 6.45) is 2.24. The first-order valence-electron chi connectivity index (χ1n) is 5.98. The Morgan fingerprint density at radius 2 is 2.22 bits per heavy atom. The molecule has 0 bridgehead atoms. The molecule has 6 nitrogen and oxygen atoms in total. The van der Waals surface area contributed by atoms with Gasteiger partial charge < -0.3 is 15.2 Å². The van der Waals surface area contributed by atoms with Gasteiger partial charge in [0.25, 0.3) is 0 Å². The highest BCUT2D eigenvalue weighted by Gasteiger charge is 2.21. The zero-order valence-electron chi connectivity index (χ0n) is 10.9. The fourth-order valence-electron chi connectivity index (χ4n) is 1.38. The molecule has 0 spiro atoms. The predicted molar refractivity (Wildman–Crippen MR) is 67.7 cm³/mol. The van der Waals surface area contributed by atoms with Gasteiger partial charge in [-0.15, -0.1) is 0 Å².